The second kappa shape index (κ2) is 9.45. The van der Waals surface area contributed by atoms with Crippen molar-refractivity contribution in [1.82, 2.24) is 15.6 Å². The lowest BCUT2D eigenvalue weighted by Crippen LogP contribution is -2.42. The van der Waals surface area contributed by atoms with Crippen molar-refractivity contribution in [3.8, 4) is 0 Å². The molecular formula is C18H18ClN3O5S. The van der Waals surface area contributed by atoms with Crippen molar-refractivity contribution in [3.05, 3.63) is 64.7 Å². The van der Waals surface area contributed by atoms with E-state index in [1.165, 1.54) is 55.5 Å². The van der Waals surface area contributed by atoms with Crippen molar-refractivity contribution >= 4 is 39.2 Å². The fraction of sp³-hybridized carbons (Fsp3) is 0.167. The number of rotatable bonds is 7. The first-order valence-electron chi connectivity index (χ1n) is 8.14. The Morgan fingerprint density at radius 1 is 0.893 bits per heavy atom. The summed E-state index contributed by atoms with van der Waals surface area (Å²) < 4.78 is 26.6. The van der Waals surface area contributed by atoms with Crippen molar-refractivity contribution < 1.29 is 22.8 Å². The Bertz CT molecular complexity index is 973. The summed E-state index contributed by atoms with van der Waals surface area (Å²) in [6, 6.07) is 11.5. The molecular weight excluding hydrogens is 406 g/mol. The fourth-order valence-electron chi connectivity index (χ4n) is 2.11. The minimum Gasteiger partial charge on any atom is -0.295 e. The summed E-state index contributed by atoms with van der Waals surface area (Å²) in [4.78, 5) is 34.8. The summed E-state index contributed by atoms with van der Waals surface area (Å²) in [6.45, 7) is 1.21. The van der Waals surface area contributed by atoms with Crippen molar-refractivity contribution in [3.63, 3.8) is 0 Å². The smallest absolute Gasteiger partial charge is 0.269 e. The molecule has 8 nitrogen and oxygen atoms in total. The molecule has 10 heteroatoms. The highest BCUT2D eigenvalue weighted by Crippen LogP contribution is 2.11. The Kier molecular flexibility index (Phi) is 7.27. The van der Waals surface area contributed by atoms with E-state index in [-0.39, 0.29) is 23.6 Å². The number of carbonyl (C=O) groups is 3. The number of amides is 2. The highest BCUT2D eigenvalue weighted by atomic mass is 35.5. The number of nitrogens with one attached hydrogen (secondary N) is 3. The number of hydrazine groups is 1. The van der Waals surface area contributed by atoms with Gasteiger partial charge in [0.2, 0.25) is 15.9 Å². The van der Waals surface area contributed by atoms with Gasteiger partial charge in [0.15, 0.2) is 5.78 Å². The molecule has 0 saturated heterocycles. The van der Waals surface area contributed by atoms with E-state index in [1.807, 2.05) is 0 Å². The molecule has 28 heavy (non-hydrogen) atoms. The third kappa shape index (κ3) is 6.15. The maximum atomic E-state index is 12.2. The minimum atomic E-state index is -3.82. The maximum Gasteiger partial charge on any atom is 0.269 e. The van der Waals surface area contributed by atoms with Gasteiger partial charge in [0.05, 0.1) is 4.90 Å². The van der Waals surface area contributed by atoms with Gasteiger partial charge in [-0.1, -0.05) is 23.7 Å². The average molecular weight is 424 g/mol. The molecule has 0 aliphatic carbocycles. The quantitative estimate of drug-likeness (QED) is 0.462. The number of hydrogen-bond acceptors (Lipinski definition) is 5. The predicted molar refractivity (Wildman–Crippen MR) is 103 cm³/mol. The molecule has 3 N–H and O–H groups in total. The molecule has 0 saturated carbocycles. The molecule has 0 heterocycles. The number of benzene rings is 2. The summed E-state index contributed by atoms with van der Waals surface area (Å²) in [5.74, 6) is -1.28. The number of Topliss-reactive ketones (excluding diaryl/α,β-unsaturated/α-hetero) is 1. The molecule has 0 radical (unpaired) electrons. The van der Waals surface area contributed by atoms with Crippen LogP contribution in [0.5, 0.6) is 0 Å². The number of carbonyl (C=O) groups excluding carboxylic acids is 3. The Hall–Kier alpha value is -2.75. The van der Waals surface area contributed by atoms with Gasteiger partial charge in [-0.15, -0.1) is 0 Å². The SMILES string of the molecule is CC(=O)c1ccc(S(=O)(=O)NCCC(=O)NNC(=O)c2ccc(Cl)cc2)cc1. The van der Waals surface area contributed by atoms with E-state index < -0.39 is 21.8 Å². The van der Waals surface area contributed by atoms with Crippen LogP contribution in [-0.4, -0.2) is 32.6 Å². The number of sulfonamides is 1. The summed E-state index contributed by atoms with van der Waals surface area (Å²) >= 11 is 5.73. The molecule has 0 bridgehead atoms. The first-order chi connectivity index (χ1) is 13.2. The van der Waals surface area contributed by atoms with Gasteiger partial charge in [-0.25, -0.2) is 13.1 Å². The number of halogens is 1. The Balaban J connectivity index is 1.80. The summed E-state index contributed by atoms with van der Waals surface area (Å²) in [5.41, 5.74) is 5.12. The predicted octanol–water partition coefficient (Wildman–Crippen LogP) is 1.67. The van der Waals surface area contributed by atoms with E-state index in [4.69, 9.17) is 11.6 Å². The van der Waals surface area contributed by atoms with Gasteiger partial charge < -0.3 is 0 Å². The fourth-order valence-corrected chi connectivity index (χ4v) is 3.27. The minimum absolute atomic E-state index is 0.0195. The molecule has 2 amide bonds. The summed E-state index contributed by atoms with van der Waals surface area (Å²) in [6.07, 6.45) is -0.189. The van der Waals surface area contributed by atoms with Crippen molar-refractivity contribution in [2.45, 2.75) is 18.2 Å². The lowest BCUT2D eigenvalue weighted by atomic mass is 10.2. The third-order valence-electron chi connectivity index (χ3n) is 3.64. The van der Waals surface area contributed by atoms with Crippen LogP contribution in [0, 0.1) is 0 Å². The number of ketones is 1. The molecule has 2 aromatic rings. The van der Waals surface area contributed by atoms with Crippen LogP contribution in [0.4, 0.5) is 0 Å². The standard InChI is InChI=1S/C18H18ClN3O5S/c1-12(23)13-4-8-16(9-5-13)28(26,27)20-11-10-17(24)21-22-18(25)14-2-6-15(19)7-3-14/h2-9,20H,10-11H2,1H3,(H,21,24)(H,22,25). The lowest BCUT2D eigenvalue weighted by Gasteiger charge is -2.09. The van der Waals surface area contributed by atoms with Gasteiger partial charge in [-0.05, 0) is 43.3 Å². The van der Waals surface area contributed by atoms with Gasteiger partial charge in [0.25, 0.3) is 5.91 Å². The van der Waals surface area contributed by atoms with Crippen molar-refractivity contribution in [1.29, 1.82) is 0 Å². The van der Waals surface area contributed by atoms with E-state index in [0.29, 0.717) is 16.1 Å². The van der Waals surface area contributed by atoms with Gasteiger partial charge in [-0.2, -0.15) is 0 Å². The zero-order chi connectivity index (χ0) is 20.7. The normalized spacial score (nSPS) is 10.9. The molecule has 0 aromatic heterocycles. The first-order valence-corrected chi connectivity index (χ1v) is 10.0. The highest BCUT2D eigenvalue weighted by Gasteiger charge is 2.15. The topological polar surface area (TPSA) is 121 Å². The van der Waals surface area contributed by atoms with Crippen LogP contribution in [0.15, 0.2) is 53.4 Å². The van der Waals surface area contributed by atoms with Crippen LogP contribution >= 0.6 is 11.6 Å². The van der Waals surface area contributed by atoms with E-state index in [0.717, 1.165) is 0 Å². The zero-order valence-corrected chi connectivity index (χ0v) is 16.4. The Labute approximate surface area is 167 Å². The molecule has 0 spiro atoms. The maximum absolute atomic E-state index is 12.2. The van der Waals surface area contributed by atoms with Crippen LogP contribution in [0.1, 0.15) is 34.1 Å². The van der Waals surface area contributed by atoms with Crippen LogP contribution in [0.2, 0.25) is 5.02 Å². The molecule has 0 aliphatic heterocycles. The molecule has 0 unspecified atom stereocenters. The molecule has 0 atom stereocenters. The van der Waals surface area contributed by atoms with Crippen molar-refractivity contribution in [2.75, 3.05) is 6.54 Å². The van der Waals surface area contributed by atoms with Crippen LogP contribution in [0.25, 0.3) is 0 Å². The third-order valence-corrected chi connectivity index (χ3v) is 5.37. The first kappa shape index (κ1) is 21.5. The molecule has 2 aromatic carbocycles. The lowest BCUT2D eigenvalue weighted by molar-refractivity contribution is -0.121. The van der Waals surface area contributed by atoms with E-state index in [2.05, 4.69) is 15.6 Å². The van der Waals surface area contributed by atoms with Crippen LogP contribution in [0.3, 0.4) is 0 Å². The van der Waals surface area contributed by atoms with E-state index in [1.54, 1.807) is 0 Å². The van der Waals surface area contributed by atoms with Crippen LogP contribution in [-0.2, 0) is 14.8 Å². The van der Waals surface area contributed by atoms with Crippen molar-refractivity contribution in [2.24, 2.45) is 0 Å². The summed E-state index contributed by atoms with van der Waals surface area (Å²) in [7, 11) is -3.82. The largest absolute Gasteiger partial charge is 0.295 e. The van der Waals surface area contributed by atoms with E-state index in [9.17, 15) is 22.8 Å². The second-order valence-electron chi connectivity index (χ2n) is 5.74. The second-order valence-corrected chi connectivity index (χ2v) is 7.94. The highest BCUT2D eigenvalue weighted by molar-refractivity contribution is 7.89. The van der Waals surface area contributed by atoms with Crippen LogP contribution < -0.4 is 15.6 Å². The zero-order valence-electron chi connectivity index (χ0n) is 14.9. The Morgan fingerprint density at radius 3 is 2.04 bits per heavy atom. The average Bonchev–Trinajstić information content (AvgIpc) is 2.66. The Morgan fingerprint density at radius 2 is 1.46 bits per heavy atom. The monoisotopic (exact) mass is 423 g/mol. The summed E-state index contributed by atoms with van der Waals surface area (Å²) in [5, 5.41) is 0.476. The molecule has 148 valence electrons. The van der Waals surface area contributed by atoms with E-state index >= 15 is 0 Å². The molecule has 0 fully saturated rings. The van der Waals surface area contributed by atoms with Gasteiger partial charge in [0, 0.05) is 29.1 Å². The molecule has 0 aliphatic rings. The van der Waals surface area contributed by atoms with Gasteiger partial charge >= 0.3 is 0 Å². The van der Waals surface area contributed by atoms with Gasteiger partial charge in [-0.3, -0.25) is 25.2 Å². The van der Waals surface area contributed by atoms with Gasteiger partial charge in [0.1, 0.15) is 0 Å². The molecule has 2 rings (SSSR count). The number of hydrogen-bond donors (Lipinski definition) is 3.